The second kappa shape index (κ2) is 12.1. The van der Waals surface area contributed by atoms with Crippen LogP contribution in [0, 0.1) is 0 Å². The molecule has 0 bridgehead atoms. The van der Waals surface area contributed by atoms with Gasteiger partial charge in [0, 0.05) is 18.3 Å². The number of carboxylic acid groups (broad SMARTS) is 1. The molecule has 0 aliphatic rings. The number of hydrogen-bond acceptors (Lipinski definition) is 5. The van der Waals surface area contributed by atoms with Crippen molar-refractivity contribution < 1.29 is 19.5 Å². The van der Waals surface area contributed by atoms with E-state index in [2.05, 4.69) is 34.4 Å². The van der Waals surface area contributed by atoms with Crippen LogP contribution in [0.3, 0.4) is 0 Å². The van der Waals surface area contributed by atoms with Crippen LogP contribution < -0.4 is 4.74 Å². The van der Waals surface area contributed by atoms with E-state index in [1.165, 1.54) is 0 Å². The number of ether oxygens (including phenoxy) is 1. The lowest BCUT2D eigenvalue weighted by atomic mass is 10.0. The molecule has 0 amide bonds. The standard InChI is InChI=1S/C29H26N2O4/c32-29(33)20-22-7-6-11-27(19-22)34-17-18-35-31-28(21-26-10-4-5-16-30-26)25-14-12-24(13-15-25)23-8-2-1-3-9-23/h1-16,19H,17-18,20-21H2,(H,32,33). The molecule has 1 heterocycles. The number of nitrogens with zero attached hydrogens (tertiary/aromatic N) is 2. The Kier molecular flexibility index (Phi) is 8.22. The molecule has 6 heteroatoms. The van der Waals surface area contributed by atoms with Gasteiger partial charge in [0.25, 0.3) is 0 Å². The Morgan fingerprint density at radius 2 is 1.57 bits per heavy atom. The van der Waals surface area contributed by atoms with E-state index in [1.807, 2.05) is 48.5 Å². The summed E-state index contributed by atoms with van der Waals surface area (Å²) in [4.78, 5) is 20.9. The van der Waals surface area contributed by atoms with Crippen molar-refractivity contribution >= 4 is 11.7 Å². The molecule has 0 aliphatic carbocycles. The van der Waals surface area contributed by atoms with E-state index in [4.69, 9.17) is 14.7 Å². The fourth-order valence-corrected chi connectivity index (χ4v) is 3.59. The number of hydrogen-bond donors (Lipinski definition) is 1. The second-order valence-electron chi connectivity index (χ2n) is 7.88. The van der Waals surface area contributed by atoms with E-state index in [-0.39, 0.29) is 19.6 Å². The Balaban J connectivity index is 1.41. The monoisotopic (exact) mass is 466 g/mol. The van der Waals surface area contributed by atoms with Gasteiger partial charge >= 0.3 is 5.97 Å². The maximum Gasteiger partial charge on any atom is 0.307 e. The molecule has 0 radical (unpaired) electrons. The number of aromatic nitrogens is 1. The lowest BCUT2D eigenvalue weighted by molar-refractivity contribution is -0.136. The zero-order valence-electron chi connectivity index (χ0n) is 19.2. The van der Waals surface area contributed by atoms with E-state index >= 15 is 0 Å². The number of aliphatic carboxylic acids is 1. The van der Waals surface area contributed by atoms with Gasteiger partial charge in [-0.1, -0.05) is 78.0 Å². The van der Waals surface area contributed by atoms with Crippen LogP contribution in [0.5, 0.6) is 5.75 Å². The van der Waals surface area contributed by atoms with Crippen LogP contribution >= 0.6 is 0 Å². The highest BCUT2D eigenvalue weighted by Crippen LogP contribution is 2.20. The molecular weight excluding hydrogens is 440 g/mol. The van der Waals surface area contributed by atoms with E-state index in [0.29, 0.717) is 17.7 Å². The van der Waals surface area contributed by atoms with Gasteiger partial charge in [-0.05, 0) is 46.5 Å². The first-order valence-corrected chi connectivity index (χ1v) is 11.4. The fraction of sp³-hybridized carbons (Fsp3) is 0.138. The third-order valence-corrected chi connectivity index (χ3v) is 5.27. The highest BCUT2D eigenvalue weighted by Gasteiger charge is 2.09. The number of rotatable bonds is 11. The number of carboxylic acids is 1. The van der Waals surface area contributed by atoms with Gasteiger partial charge in [-0.15, -0.1) is 0 Å². The molecule has 0 atom stereocenters. The molecule has 4 aromatic rings. The molecule has 176 valence electrons. The smallest absolute Gasteiger partial charge is 0.307 e. The quantitative estimate of drug-likeness (QED) is 0.181. The van der Waals surface area contributed by atoms with Crippen molar-refractivity contribution in [3.05, 3.63) is 120 Å². The van der Waals surface area contributed by atoms with Crippen molar-refractivity contribution in [1.82, 2.24) is 4.98 Å². The lowest BCUT2D eigenvalue weighted by Gasteiger charge is -2.10. The van der Waals surface area contributed by atoms with Gasteiger partial charge in [0.1, 0.15) is 12.4 Å². The summed E-state index contributed by atoms with van der Waals surface area (Å²) in [6.45, 7) is 0.529. The van der Waals surface area contributed by atoms with Crippen LogP contribution in [-0.2, 0) is 22.5 Å². The second-order valence-corrected chi connectivity index (χ2v) is 7.88. The SMILES string of the molecule is O=C(O)Cc1cccc(OCCON=C(Cc2ccccn2)c2ccc(-c3ccccc3)cc2)c1. The van der Waals surface area contributed by atoms with Gasteiger partial charge in [0.15, 0.2) is 6.61 Å². The summed E-state index contributed by atoms with van der Waals surface area (Å²) in [7, 11) is 0. The first-order valence-electron chi connectivity index (χ1n) is 11.4. The Labute approximate surface area is 204 Å². The van der Waals surface area contributed by atoms with Crippen molar-refractivity contribution in [2.75, 3.05) is 13.2 Å². The molecule has 4 rings (SSSR count). The summed E-state index contributed by atoms with van der Waals surface area (Å²) in [5.74, 6) is -0.279. The summed E-state index contributed by atoms with van der Waals surface area (Å²) in [5, 5.41) is 13.3. The minimum absolute atomic E-state index is 0.0437. The Bertz CT molecular complexity index is 1260. The third kappa shape index (κ3) is 7.27. The van der Waals surface area contributed by atoms with Gasteiger partial charge in [0.2, 0.25) is 0 Å². The zero-order valence-corrected chi connectivity index (χ0v) is 19.2. The minimum Gasteiger partial charge on any atom is -0.490 e. The van der Waals surface area contributed by atoms with Crippen molar-refractivity contribution in [2.45, 2.75) is 12.8 Å². The highest BCUT2D eigenvalue weighted by atomic mass is 16.6. The molecular formula is C29H26N2O4. The van der Waals surface area contributed by atoms with E-state index in [9.17, 15) is 4.79 Å². The van der Waals surface area contributed by atoms with Gasteiger partial charge < -0.3 is 14.7 Å². The number of oxime groups is 1. The van der Waals surface area contributed by atoms with Gasteiger partial charge in [-0.25, -0.2) is 0 Å². The van der Waals surface area contributed by atoms with E-state index < -0.39 is 5.97 Å². The average molecular weight is 467 g/mol. The Morgan fingerprint density at radius 3 is 2.31 bits per heavy atom. The lowest BCUT2D eigenvalue weighted by Crippen LogP contribution is -2.10. The fourth-order valence-electron chi connectivity index (χ4n) is 3.59. The maximum absolute atomic E-state index is 10.9. The van der Waals surface area contributed by atoms with Crippen LogP contribution in [0.25, 0.3) is 11.1 Å². The predicted molar refractivity (Wildman–Crippen MR) is 136 cm³/mol. The zero-order chi connectivity index (χ0) is 24.3. The van der Waals surface area contributed by atoms with Crippen molar-refractivity contribution in [1.29, 1.82) is 0 Å². The number of carbonyl (C=O) groups is 1. The minimum atomic E-state index is -0.878. The van der Waals surface area contributed by atoms with Gasteiger partial charge in [0.05, 0.1) is 12.1 Å². The molecule has 6 nitrogen and oxygen atoms in total. The summed E-state index contributed by atoms with van der Waals surface area (Å²) in [5.41, 5.74) is 5.59. The Hall–Kier alpha value is -4.45. The van der Waals surface area contributed by atoms with Gasteiger partial charge in [-0.3, -0.25) is 9.78 Å². The van der Waals surface area contributed by atoms with Crippen LogP contribution in [0.4, 0.5) is 0 Å². The van der Waals surface area contributed by atoms with E-state index in [0.717, 1.165) is 28.1 Å². The molecule has 0 spiro atoms. The molecule has 3 aromatic carbocycles. The van der Waals surface area contributed by atoms with Crippen LogP contribution in [0.1, 0.15) is 16.8 Å². The summed E-state index contributed by atoms with van der Waals surface area (Å²) < 4.78 is 5.70. The maximum atomic E-state index is 10.9. The first kappa shape index (κ1) is 23.7. The molecule has 0 saturated heterocycles. The first-order chi connectivity index (χ1) is 17.2. The summed E-state index contributed by atoms with van der Waals surface area (Å²) in [6, 6.07) is 31.3. The van der Waals surface area contributed by atoms with Crippen molar-refractivity contribution in [2.24, 2.45) is 5.16 Å². The molecule has 0 aliphatic heterocycles. The topological polar surface area (TPSA) is 81.0 Å². The van der Waals surface area contributed by atoms with Crippen molar-refractivity contribution in [3.8, 4) is 16.9 Å². The summed E-state index contributed by atoms with van der Waals surface area (Å²) in [6.07, 6.45) is 2.25. The van der Waals surface area contributed by atoms with E-state index in [1.54, 1.807) is 30.5 Å². The molecule has 0 saturated carbocycles. The number of benzene rings is 3. The average Bonchev–Trinajstić information content (AvgIpc) is 2.89. The molecule has 1 aromatic heterocycles. The number of pyridine rings is 1. The van der Waals surface area contributed by atoms with Crippen LogP contribution in [0.2, 0.25) is 0 Å². The van der Waals surface area contributed by atoms with Gasteiger partial charge in [-0.2, -0.15) is 0 Å². The van der Waals surface area contributed by atoms with Crippen molar-refractivity contribution in [3.63, 3.8) is 0 Å². The van der Waals surface area contributed by atoms with Crippen LogP contribution in [0.15, 0.2) is 108 Å². The molecule has 0 unspecified atom stereocenters. The highest BCUT2D eigenvalue weighted by molar-refractivity contribution is 6.01. The third-order valence-electron chi connectivity index (χ3n) is 5.27. The normalized spacial score (nSPS) is 11.1. The Morgan fingerprint density at radius 1 is 0.800 bits per heavy atom. The molecule has 0 fully saturated rings. The predicted octanol–water partition coefficient (Wildman–Crippen LogP) is 5.42. The molecule has 1 N–H and O–H groups in total. The van der Waals surface area contributed by atoms with Crippen LogP contribution in [-0.4, -0.2) is 35.0 Å². The largest absolute Gasteiger partial charge is 0.490 e. The molecule has 35 heavy (non-hydrogen) atoms. The summed E-state index contributed by atoms with van der Waals surface area (Å²) >= 11 is 0.